The van der Waals surface area contributed by atoms with Crippen LogP contribution in [-0.4, -0.2) is 22.3 Å². The minimum absolute atomic E-state index is 0.121. The standard InChI is InChI=1S/C14H15BrN4O2/c15-11-5-9-2-4-21-14(9)10(6-11)7-17-13(20)8-19-3-1-12(16)18-19/h1,3,5-6H,2,4,7-8H2,(H2,16,18)(H,17,20). The third kappa shape index (κ3) is 3.18. The number of aromatic nitrogens is 2. The van der Waals surface area contributed by atoms with Gasteiger partial charge in [0.2, 0.25) is 5.91 Å². The van der Waals surface area contributed by atoms with Gasteiger partial charge in [-0.2, -0.15) is 5.10 Å². The van der Waals surface area contributed by atoms with Crippen molar-refractivity contribution in [3.63, 3.8) is 0 Å². The first-order valence-corrected chi connectivity index (χ1v) is 7.41. The van der Waals surface area contributed by atoms with Crippen molar-refractivity contribution in [2.45, 2.75) is 19.5 Å². The number of carbonyl (C=O) groups is 1. The third-order valence-electron chi connectivity index (χ3n) is 3.27. The number of benzene rings is 1. The second kappa shape index (κ2) is 5.77. The molecule has 0 spiro atoms. The van der Waals surface area contributed by atoms with Crippen molar-refractivity contribution in [1.29, 1.82) is 0 Å². The highest BCUT2D eigenvalue weighted by molar-refractivity contribution is 9.10. The zero-order valence-electron chi connectivity index (χ0n) is 11.3. The minimum atomic E-state index is -0.121. The van der Waals surface area contributed by atoms with Gasteiger partial charge in [0.05, 0.1) is 6.61 Å². The Morgan fingerprint density at radius 2 is 2.38 bits per heavy atom. The van der Waals surface area contributed by atoms with Crippen LogP contribution in [0.3, 0.4) is 0 Å². The predicted molar refractivity (Wildman–Crippen MR) is 81.8 cm³/mol. The molecule has 0 unspecified atom stereocenters. The number of ether oxygens (including phenoxy) is 1. The van der Waals surface area contributed by atoms with Crippen LogP contribution in [0.5, 0.6) is 5.75 Å². The average Bonchev–Trinajstić information content (AvgIpc) is 3.04. The maximum absolute atomic E-state index is 11.9. The maximum atomic E-state index is 11.9. The molecule has 6 nitrogen and oxygen atoms in total. The van der Waals surface area contributed by atoms with Crippen molar-refractivity contribution in [1.82, 2.24) is 15.1 Å². The number of hydrogen-bond acceptors (Lipinski definition) is 4. The molecule has 1 aromatic heterocycles. The number of rotatable bonds is 4. The van der Waals surface area contributed by atoms with Crippen LogP contribution in [0.4, 0.5) is 5.82 Å². The number of carbonyl (C=O) groups excluding carboxylic acids is 1. The van der Waals surface area contributed by atoms with Crippen molar-refractivity contribution in [3.05, 3.63) is 40.0 Å². The Morgan fingerprint density at radius 1 is 1.52 bits per heavy atom. The van der Waals surface area contributed by atoms with Gasteiger partial charge in [0.1, 0.15) is 18.1 Å². The summed E-state index contributed by atoms with van der Waals surface area (Å²) in [6, 6.07) is 5.68. The summed E-state index contributed by atoms with van der Waals surface area (Å²) in [6.45, 7) is 1.27. The summed E-state index contributed by atoms with van der Waals surface area (Å²) in [7, 11) is 0. The Balaban J connectivity index is 1.64. The zero-order chi connectivity index (χ0) is 14.8. The van der Waals surface area contributed by atoms with Crippen LogP contribution in [0.15, 0.2) is 28.9 Å². The molecule has 21 heavy (non-hydrogen) atoms. The van der Waals surface area contributed by atoms with Crippen LogP contribution in [0.2, 0.25) is 0 Å². The van der Waals surface area contributed by atoms with Crippen molar-refractivity contribution < 1.29 is 9.53 Å². The lowest BCUT2D eigenvalue weighted by molar-refractivity contribution is -0.122. The fourth-order valence-corrected chi connectivity index (χ4v) is 2.89. The van der Waals surface area contributed by atoms with Gasteiger partial charge in [0.15, 0.2) is 0 Å². The van der Waals surface area contributed by atoms with E-state index in [1.807, 2.05) is 6.07 Å². The molecule has 1 aliphatic rings. The van der Waals surface area contributed by atoms with E-state index in [2.05, 4.69) is 32.4 Å². The topological polar surface area (TPSA) is 82.2 Å². The average molecular weight is 351 g/mol. The van der Waals surface area contributed by atoms with Crippen molar-refractivity contribution >= 4 is 27.7 Å². The van der Waals surface area contributed by atoms with E-state index in [0.717, 1.165) is 22.2 Å². The number of halogens is 1. The molecular formula is C14H15BrN4O2. The van der Waals surface area contributed by atoms with Crippen molar-refractivity contribution in [2.75, 3.05) is 12.3 Å². The van der Waals surface area contributed by atoms with E-state index in [-0.39, 0.29) is 12.5 Å². The molecule has 0 bridgehead atoms. The van der Waals surface area contributed by atoms with Crippen LogP contribution in [0.1, 0.15) is 11.1 Å². The number of hydrogen-bond donors (Lipinski definition) is 2. The summed E-state index contributed by atoms with van der Waals surface area (Å²) in [5, 5.41) is 6.85. The van der Waals surface area contributed by atoms with Crippen LogP contribution >= 0.6 is 15.9 Å². The molecule has 110 valence electrons. The molecule has 7 heteroatoms. The fourth-order valence-electron chi connectivity index (χ4n) is 2.34. The molecule has 1 amide bonds. The van der Waals surface area contributed by atoms with E-state index in [1.54, 1.807) is 12.3 Å². The molecule has 0 saturated carbocycles. The van der Waals surface area contributed by atoms with Gasteiger partial charge in [-0.15, -0.1) is 0 Å². The molecular weight excluding hydrogens is 336 g/mol. The molecule has 0 radical (unpaired) electrons. The van der Waals surface area contributed by atoms with Gasteiger partial charge in [-0.1, -0.05) is 15.9 Å². The summed E-state index contributed by atoms with van der Waals surface area (Å²) < 4.78 is 8.13. The summed E-state index contributed by atoms with van der Waals surface area (Å²) in [6.07, 6.45) is 2.58. The number of nitrogens with zero attached hydrogens (tertiary/aromatic N) is 2. The molecule has 3 rings (SSSR count). The van der Waals surface area contributed by atoms with E-state index in [4.69, 9.17) is 10.5 Å². The van der Waals surface area contributed by atoms with E-state index in [9.17, 15) is 4.79 Å². The Bertz CT molecular complexity index is 684. The van der Waals surface area contributed by atoms with Gasteiger partial charge < -0.3 is 15.8 Å². The normalized spacial score (nSPS) is 12.8. The first-order chi connectivity index (χ1) is 10.1. The first kappa shape index (κ1) is 13.9. The number of amides is 1. The SMILES string of the molecule is Nc1ccn(CC(=O)NCc2cc(Br)cc3c2OCC3)n1. The molecule has 1 aromatic carbocycles. The smallest absolute Gasteiger partial charge is 0.242 e. The highest BCUT2D eigenvalue weighted by atomic mass is 79.9. The van der Waals surface area contributed by atoms with Crippen LogP contribution < -0.4 is 15.8 Å². The lowest BCUT2D eigenvalue weighted by Crippen LogP contribution is -2.27. The molecule has 2 aromatic rings. The van der Waals surface area contributed by atoms with Gasteiger partial charge >= 0.3 is 0 Å². The minimum Gasteiger partial charge on any atom is -0.493 e. The maximum Gasteiger partial charge on any atom is 0.242 e. The molecule has 1 aliphatic heterocycles. The highest BCUT2D eigenvalue weighted by Gasteiger charge is 2.17. The van der Waals surface area contributed by atoms with Crippen LogP contribution in [0.25, 0.3) is 0 Å². The van der Waals surface area contributed by atoms with E-state index < -0.39 is 0 Å². The number of anilines is 1. The highest BCUT2D eigenvalue weighted by Crippen LogP contribution is 2.32. The van der Waals surface area contributed by atoms with Crippen LogP contribution in [-0.2, 0) is 24.3 Å². The van der Waals surface area contributed by atoms with Crippen LogP contribution in [0, 0.1) is 0 Å². The van der Waals surface area contributed by atoms with E-state index in [0.29, 0.717) is 19.0 Å². The Labute approximate surface area is 130 Å². The number of nitrogens with one attached hydrogen (secondary N) is 1. The van der Waals surface area contributed by atoms with E-state index >= 15 is 0 Å². The predicted octanol–water partition coefficient (Wildman–Crippen LogP) is 1.48. The summed E-state index contributed by atoms with van der Waals surface area (Å²) in [5.41, 5.74) is 7.66. The van der Waals surface area contributed by atoms with E-state index in [1.165, 1.54) is 10.2 Å². The second-order valence-corrected chi connectivity index (χ2v) is 5.78. The molecule has 0 saturated heterocycles. The zero-order valence-corrected chi connectivity index (χ0v) is 12.9. The largest absolute Gasteiger partial charge is 0.493 e. The molecule has 0 aliphatic carbocycles. The first-order valence-electron chi connectivity index (χ1n) is 6.61. The summed E-state index contributed by atoms with van der Waals surface area (Å²) in [4.78, 5) is 11.9. The van der Waals surface area contributed by atoms with Crippen molar-refractivity contribution in [2.24, 2.45) is 0 Å². The number of fused-ring (bicyclic) bond motifs is 1. The van der Waals surface area contributed by atoms with Gasteiger partial charge in [-0.3, -0.25) is 9.48 Å². The lowest BCUT2D eigenvalue weighted by Gasteiger charge is -2.10. The second-order valence-electron chi connectivity index (χ2n) is 4.87. The summed E-state index contributed by atoms with van der Waals surface area (Å²) in [5.74, 6) is 1.17. The van der Waals surface area contributed by atoms with Gasteiger partial charge in [-0.25, -0.2) is 0 Å². The molecule has 3 N–H and O–H groups in total. The summed E-state index contributed by atoms with van der Waals surface area (Å²) >= 11 is 3.48. The molecule has 2 heterocycles. The monoisotopic (exact) mass is 350 g/mol. The quantitative estimate of drug-likeness (QED) is 0.874. The fraction of sp³-hybridized carbons (Fsp3) is 0.286. The van der Waals surface area contributed by atoms with Crippen molar-refractivity contribution in [3.8, 4) is 5.75 Å². The molecule has 0 atom stereocenters. The Kier molecular flexibility index (Phi) is 3.83. The Morgan fingerprint density at radius 3 is 3.14 bits per heavy atom. The number of nitrogen functional groups attached to an aromatic ring is 1. The van der Waals surface area contributed by atoms with Gasteiger partial charge in [0.25, 0.3) is 0 Å². The van der Waals surface area contributed by atoms with Gasteiger partial charge in [-0.05, 0) is 23.8 Å². The lowest BCUT2D eigenvalue weighted by atomic mass is 10.1. The van der Waals surface area contributed by atoms with Gasteiger partial charge in [0, 0.05) is 29.2 Å². The Hall–Kier alpha value is -2.02. The third-order valence-corrected chi connectivity index (χ3v) is 3.73. The molecule has 0 fully saturated rings. The number of nitrogens with two attached hydrogens (primary N) is 1.